The van der Waals surface area contributed by atoms with Crippen LogP contribution < -0.4 is 15.4 Å². The zero-order chi connectivity index (χ0) is 22.4. The van der Waals surface area contributed by atoms with E-state index in [1.165, 1.54) is 0 Å². The minimum Gasteiger partial charge on any atom is -0.488 e. The first-order valence-electron chi connectivity index (χ1n) is 11.4. The van der Waals surface area contributed by atoms with Crippen LogP contribution in [-0.4, -0.2) is 51.9 Å². The van der Waals surface area contributed by atoms with Crippen molar-refractivity contribution in [2.24, 2.45) is 5.92 Å². The first-order valence-corrected chi connectivity index (χ1v) is 11.4. The Morgan fingerprint density at radius 2 is 2.06 bits per heavy atom. The molecule has 3 fully saturated rings. The predicted molar refractivity (Wildman–Crippen MR) is 120 cm³/mol. The van der Waals surface area contributed by atoms with Crippen LogP contribution >= 0.6 is 0 Å². The molecule has 2 saturated heterocycles. The van der Waals surface area contributed by atoms with Gasteiger partial charge in [0.15, 0.2) is 5.82 Å². The molecule has 2 bridgehead atoms. The third kappa shape index (κ3) is 4.15. The van der Waals surface area contributed by atoms with E-state index in [4.69, 9.17) is 9.47 Å². The fourth-order valence-corrected chi connectivity index (χ4v) is 4.68. The number of nitrogens with one attached hydrogen (secondary N) is 2. The van der Waals surface area contributed by atoms with Crippen molar-refractivity contribution in [3.05, 3.63) is 42.4 Å². The second kappa shape index (κ2) is 8.14. The van der Waals surface area contributed by atoms with Crippen molar-refractivity contribution in [3.8, 4) is 22.9 Å². The minimum absolute atomic E-state index is 0.0271. The molecule has 1 unspecified atom stereocenters. The summed E-state index contributed by atoms with van der Waals surface area (Å²) >= 11 is 0. The maximum Gasteiger partial charge on any atom is 0.228 e. The summed E-state index contributed by atoms with van der Waals surface area (Å²) < 4.78 is 13.8. The molecule has 0 radical (unpaired) electrons. The van der Waals surface area contributed by atoms with E-state index < -0.39 is 0 Å². The molecule has 1 aliphatic carbocycles. The molecular weight excluding hydrogens is 420 g/mol. The fraction of sp³-hybridized carbons (Fsp3) is 0.417. The highest BCUT2D eigenvalue weighted by molar-refractivity contribution is 5.93. The molecule has 0 spiro atoms. The van der Waals surface area contributed by atoms with Gasteiger partial charge in [-0.3, -0.25) is 4.79 Å². The average Bonchev–Trinajstić information content (AvgIpc) is 3.59. The van der Waals surface area contributed by atoms with Crippen molar-refractivity contribution in [2.45, 2.75) is 43.9 Å². The van der Waals surface area contributed by atoms with Crippen LogP contribution in [0.2, 0.25) is 0 Å². The molecule has 3 aromatic heterocycles. The van der Waals surface area contributed by atoms with Gasteiger partial charge in [-0.05, 0) is 36.6 Å². The number of ether oxygens (including phenoxy) is 2. The zero-order valence-corrected chi connectivity index (χ0v) is 18.0. The maximum atomic E-state index is 12.1. The Labute approximate surface area is 190 Å². The third-order valence-electron chi connectivity index (χ3n) is 6.45. The zero-order valence-electron chi connectivity index (χ0n) is 18.0. The van der Waals surface area contributed by atoms with E-state index >= 15 is 0 Å². The molecule has 9 nitrogen and oxygen atoms in total. The van der Waals surface area contributed by atoms with Gasteiger partial charge in [-0.2, -0.15) is 10.4 Å². The van der Waals surface area contributed by atoms with Crippen molar-refractivity contribution < 1.29 is 14.3 Å². The van der Waals surface area contributed by atoms with Gasteiger partial charge in [0.2, 0.25) is 5.91 Å². The van der Waals surface area contributed by atoms with Crippen molar-refractivity contribution in [2.75, 3.05) is 18.5 Å². The van der Waals surface area contributed by atoms with Gasteiger partial charge in [-0.15, -0.1) is 0 Å². The Morgan fingerprint density at radius 3 is 2.82 bits per heavy atom. The molecular formula is C24H24N6O3. The smallest absolute Gasteiger partial charge is 0.228 e. The van der Waals surface area contributed by atoms with Crippen LogP contribution in [0, 0.1) is 17.2 Å². The number of pyridine rings is 2. The van der Waals surface area contributed by atoms with Gasteiger partial charge < -0.3 is 20.1 Å². The van der Waals surface area contributed by atoms with E-state index in [9.17, 15) is 10.1 Å². The van der Waals surface area contributed by atoms with Crippen LogP contribution in [0.1, 0.15) is 31.4 Å². The number of amides is 1. The summed E-state index contributed by atoms with van der Waals surface area (Å²) in [5, 5.41) is 20.3. The van der Waals surface area contributed by atoms with Crippen molar-refractivity contribution >= 4 is 17.2 Å². The lowest BCUT2D eigenvalue weighted by atomic mass is 9.94. The monoisotopic (exact) mass is 444 g/mol. The quantitative estimate of drug-likeness (QED) is 0.622. The van der Waals surface area contributed by atoms with Crippen molar-refractivity contribution in [3.63, 3.8) is 0 Å². The topological polar surface area (TPSA) is 114 Å². The summed E-state index contributed by atoms with van der Waals surface area (Å²) in [5.41, 5.74) is 2.88. The number of anilines is 1. The summed E-state index contributed by atoms with van der Waals surface area (Å²) in [7, 11) is 0. The van der Waals surface area contributed by atoms with Gasteiger partial charge in [0, 0.05) is 48.7 Å². The third-order valence-corrected chi connectivity index (χ3v) is 6.45. The average molecular weight is 444 g/mol. The molecule has 2 aliphatic heterocycles. The number of nitriles is 1. The number of carbonyl (C=O) groups is 1. The highest BCUT2D eigenvalue weighted by Gasteiger charge is 2.33. The number of rotatable bonds is 5. The van der Waals surface area contributed by atoms with E-state index in [1.54, 1.807) is 16.8 Å². The molecule has 3 aromatic rings. The molecule has 33 heavy (non-hydrogen) atoms. The van der Waals surface area contributed by atoms with E-state index in [0.29, 0.717) is 42.6 Å². The summed E-state index contributed by atoms with van der Waals surface area (Å²) in [6, 6.07) is 10.2. The lowest BCUT2D eigenvalue weighted by Gasteiger charge is -2.40. The van der Waals surface area contributed by atoms with E-state index in [-0.39, 0.29) is 17.9 Å². The molecule has 0 aromatic carbocycles. The number of hydrogen-bond acceptors (Lipinski definition) is 7. The number of hydrogen-bond donors (Lipinski definition) is 2. The van der Waals surface area contributed by atoms with Crippen LogP contribution in [0.5, 0.6) is 5.75 Å². The summed E-state index contributed by atoms with van der Waals surface area (Å²) in [6.45, 7) is 1.40. The predicted octanol–water partition coefficient (Wildman–Crippen LogP) is 2.51. The summed E-state index contributed by atoms with van der Waals surface area (Å²) in [4.78, 5) is 16.3. The highest BCUT2D eigenvalue weighted by Crippen LogP contribution is 2.34. The van der Waals surface area contributed by atoms with E-state index in [1.807, 2.05) is 24.4 Å². The van der Waals surface area contributed by atoms with Crippen LogP contribution in [0.4, 0.5) is 5.82 Å². The van der Waals surface area contributed by atoms with Gasteiger partial charge in [-0.1, -0.05) is 0 Å². The molecule has 1 saturated carbocycles. The largest absolute Gasteiger partial charge is 0.488 e. The molecule has 1 amide bonds. The first kappa shape index (κ1) is 20.1. The molecule has 9 heteroatoms. The normalized spacial score (nSPS) is 24.3. The minimum atomic E-state index is 0.0271. The molecule has 3 atom stereocenters. The van der Waals surface area contributed by atoms with E-state index in [2.05, 4.69) is 26.8 Å². The maximum absolute atomic E-state index is 12.1. The van der Waals surface area contributed by atoms with E-state index in [0.717, 1.165) is 42.3 Å². The molecule has 168 valence electrons. The van der Waals surface area contributed by atoms with Gasteiger partial charge in [0.05, 0.1) is 24.9 Å². The lowest BCUT2D eigenvalue weighted by molar-refractivity contribution is -0.117. The second-order valence-electron chi connectivity index (χ2n) is 9.06. The van der Waals surface area contributed by atoms with Gasteiger partial charge in [0.1, 0.15) is 23.6 Å². The van der Waals surface area contributed by atoms with Crippen LogP contribution in [0.3, 0.4) is 0 Å². The fourth-order valence-electron chi connectivity index (χ4n) is 4.68. The highest BCUT2D eigenvalue weighted by atomic mass is 16.5. The number of fused-ring (bicyclic) bond motifs is 3. The number of carbonyl (C=O) groups excluding carboxylic acids is 1. The molecule has 6 rings (SSSR count). The van der Waals surface area contributed by atoms with Crippen LogP contribution in [-0.2, 0) is 9.53 Å². The van der Waals surface area contributed by atoms with Crippen LogP contribution in [0.25, 0.3) is 16.6 Å². The number of nitrogens with zero attached hydrogens (tertiary/aromatic N) is 4. The Kier molecular flexibility index (Phi) is 4.97. The molecule has 5 heterocycles. The summed E-state index contributed by atoms with van der Waals surface area (Å²) in [6.07, 6.45) is 7.16. The van der Waals surface area contributed by atoms with Crippen molar-refractivity contribution in [1.29, 1.82) is 5.26 Å². The molecule has 3 aliphatic rings. The van der Waals surface area contributed by atoms with Crippen molar-refractivity contribution in [1.82, 2.24) is 19.9 Å². The SMILES string of the molecule is N#Cc1cc(-c2ccn3nc(NC(=O)C4CC4)cc3c2)c(OC2C[C@H]3COC[C@@H](C2)N3)cn1. The number of aromatic nitrogens is 3. The van der Waals surface area contributed by atoms with Gasteiger partial charge in [0.25, 0.3) is 0 Å². The Hall–Kier alpha value is -3.48. The van der Waals surface area contributed by atoms with Gasteiger partial charge in [-0.25, -0.2) is 9.50 Å². The number of piperidine rings is 1. The standard InChI is InChI=1S/C24H24N6O3/c25-10-16-8-21(22(11-26-16)33-20-6-17-12-32-13-18(7-20)27-17)15-3-4-30-19(5-15)9-23(29-30)28-24(31)14-1-2-14/h3-5,8-9,11,14,17-18,20,27H,1-2,6-7,12-13H2,(H,28,29,31)/t17-,18+,20?. The van der Waals surface area contributed by atoms with Crippen LogP contribution in [0.15, 0.2) is 36.7 Å². The lowest BCUT2D eigenvalue weighted by Crippen LogP contribution is -2.56. The number of morpholine rings is 1. The Morgan fingerprint density at radius 1 is 1.24 bits per heavy atom. The second-order valence-corrected chi connectivity index (χ2v) is 9.06. The first-order chi connectivity index (χ1) is 16.1. The molecule has 2 N–H and O–H groups in total. The summed E-state index contributed by atoms with van der Waals surface area (Å²) in [5.74, 6) is 1.34. The Bertz CT molecular complexity index is 1250. The Balaban J connectivity index is 1.30. The van der Waals surface area contributed by atoms with Gasteiger partial charge >= 0.3 is 0 Å².